The minimum absolute atomic E-state index is 0.357. The van der Waals surface area contributed by atoms with Gasteiger partial charge in [-0.15, -0.1) is 0 Å². The third-order valence-corrected chi connectivity index (χ3v) is 4.27. The van der Waals surface area contributed by atoms with Crippen LogP contribution in [0.3, 0.4) is 0 Å². The highest BCUT2D eigenvalue weighted by Gasteiger charge is 2.17. The number of H-pyrrole nitrogens is 2. The first-order chi connectivity index (χ1) is 9.96. The van der Waals surface area contributed by atoms with E-state index < -0.39 is 11.9 Å². The number of carbonyl (C=O) groups excluding carboxylic acids is 2. The Labute approximate surface area is 137 Å². The van der Waals surface area contributed by atoms with E-state index in [0.29, 0.717) is 17.8 Å². The summed E-state index contributed by atoms with van der Waals surface area (Å²) in [6.45, 7) is 0. The van der Waals surface area contributed by atoms with Crippen molar-refractivity contribution >= 4 is 43.8 Å². The number of rotatable bonds is 4. The van der Waals surface area contributed by atoms with Gasteiger partial charge in [-0.2, -0.15) is 0 Å². The Morgan fingerprint density at radius 2 is 1.33 bits per heavy atom. The molecule has 0 saturated heterocycles. The van der Waals surface area contributed by atoms with Crippen molar-refractivity contribution < 1.29 is 19.1 Å². The molecule has 8 heteroatoms. The van der Waals surface area contributed by atoms with E-state index in [1.165, 1.54) is 14.2 Å². The second-order valence-electron chi connectivity index (χ2n) is 4.18. The van der Waals surface area contributed by atoms with E-state index in [1.807, 2.05) is 0 Å². The zero-order valence-corrected chi connectivity index (χ0v) is 14.4. The zero-order chi connectivity index (χ0) is 15.6. The molecule has 0 amide bonds. The van der Waals surface area contributed by atoms with Gasteiger partial charge in [-0.1, -0.05) is 0 Å². The van der Waals surface area contributed by atoms with Crippen molar-refractivity contribution in [2.45, 2.75) is 6.42 Å². The predicted octanol–water partition coefficient (Wildman–Crippen LogP) is 3.03. The van der Waals surface area contributed by atoms with Crippen LogP contribution in [0.2, 0.25) is 0 Å². The van der Waals surface area contributed by atoms with Crippen LogP contribution in [0.25, 0.3) is 0 Å². The van der Waals surface area contributed by atoms with E-state index in [2.05, 4.69) is 51.3 Å². The third kappa shape index (κ3) is 3.38. The molecule has 0 saturated carbocycles. The van der Waals surface area contributed by atoms with Crippen LogP contribution in [0.15, 0.2) is 21.1 Å². The molecule has 112 valence electrons. The van der Waals surface area contributed by atoms with Crippen molar-refractivity contribution in [2.24, 2.45) is 0 Å². The Hall–Kier alpha value is -1.54. The first-order valence-corrected chi connectivity index (χ1v) is 7.46. The van der Waals surface area contributed by atoms with Crippen LogP contribution >= 0.6 is 31.9 Å². The highest BCUT2D eigenvalue weighted by Crippen LogP contribution is 2.25. The van der Waals surface area contributed by atoms with Gasteiger partial charge in [-0.05, 0) is 44.0 Å². The van der Waals surface area contributed by atoms with E-state index in [1.54, 1.807) is 12.1 Å². The van der Waals surface area contributed by atoms with E-state index >= 15 is 0 Å². The standard InChI is InChI=1S/C13H12Br2N2O4/c1-20-12(18)10-3-6(14)8(16-10)5-9-7(15)4-11(17-9)13(19)21-2/h3-4,16-17H,5H2,1-2H3. The van der Waals surface area contributed by atoms with E-state index in [4.69, 9.17) is 0 Å². The molecule has 0 aromatic carbocycles. The first kappa shape index (κ1) is 15.8. The SMILES string of the molecule is COC(=O)c1cc(Br)c(Cc2[nH]c(C(=O)OC)cc2Br)[nH]1. The van der Waals surface area contributed by atoms with Gasteiger partial charge in [0.05, 0.1) is 14.2 Å². The summed E-state index contributed by atoms with van der Waals surface area (Å²) < 4.78 is 10.8. The average molecular weight is 420 g/mol. The maximum atomic E-state index is 11.5. The van der Waals surface area contributed by atoms with Crippen LogP contribution in [0.5, 0.6) is 0 Å². The maximum absolute atomic E-state index is 11.5. The lowest BCUT2D eigenvalue weighted by atomic mass is 10.2. The molecular formula is C13H12Br2N2O4. The minimum Gasteiger partial charge on any atom is -0.464 e. The van der Waals surface area contributed by atoms with E-state index in [9.17, 15) is 9.59 Å². The van der Waals surface area contributed by atoms with Crippen LogP contribution in [0, 0.1) is 0 Å². The lowest BCUT2D eigenvalue weighted by Crippen LogP contribution is -2.03. The minimum atomic E-state index is -0.442. The monoisotopic (exact) mass is 418 g/mol. The molecule has 0 aliphatic carbocycles. The van der Waals surface area contributed by atoms with Crippen LogP contribution in [0.4, 0.5) is 0 Å². The molecule has 0 unspecified atom stereocenters. The summed E-state index contributed by atoms with van der Waals surface area (Å²) >= 11 is 6.77. The largest absolute Gasteiger partial charge is 0.464 e. The van der Waals surface area contributed by atoms with Crippen molar-refractivity contribution in [2.75, 3.05) is 14.2 Å². The number of aromatic amines is 2. The van der Waals surface area contributed by atoms with Crippen molar-refractivity contribution in [3.8, 4) is 0 Å². The molecule has 2 N–H and O–H groups in total. The van der Waals surface area contributed by atoms with E-state index in [0.717, 1.165) is 20.3 Å². The molecule has 2 aromatic rings. The Morgan fingerprint density at radius 3 is 1.67 bits per heavy atom. The second-order valence-corrected chi connectivity index (χ2v) is 5.89. The van der Waals surface area contributed by atoms with Crippen molar-refractivity contribution in [1.29, 1.82) is 0 Å². The molecule has 0 bridgehead atoms. The Balaban J connectivity index is 2.26. The molecule has 0 radical (unpaired) electrons. The molecule has 2 rings (SSSR count). The fraction of sp³-hybridized carbons (Fsp3) is 0.231. The van der Waals surface area contributed by atoms with Gasteiger partial charge in [0.1, 0.15) is 11.4 Å². The van der Waals surface area contributed by atoms with Gasteiger partial charge in [-0.25, -0.2) is 9.59 Å². The third-order valence-electron chi connectivity index (χ3n) is 2.85. The number of carbonyl (C=O) groups is 2. The highest BCUT2D eigenvalue weighted by atomic mass is 79.9. The molecule has 0 atom stereocenters. The highest BCUT2D eigenvalue weighted by molar-refractivity contribution is 9.10. The Bertz CT molecular complexity index is 632. The molecule has 0 fully saturated rings. The fourth-order valence-corrected chi connectivity index (χ4v) is 2.75. The normalized spacial score (nSPS) is 10.5. The van der Waals surface area contributed by atoms with Crippen molar-refractivity contribution in [1.82, 2.24) is 9.97 Å². The Morgan fingerprint density at radius 1 is 0.952 bits per heavy atom. The number of hydrogen-bond acceptors (Lipinski definition) is 4. The van der Waals surface area contributed by atoms with Gasteiger partial charge in [0.15, 0.2) is 0 Å². The molecule has 0 spiro atoms. The molecule has 2 heterocycles. The predicted molar refractivity (Wildman–Crippen MR) is 82.5 cm³/mol. The number of aromatic nitrogens is 2. The van der Waals surface area contributed by atoms with Crippen LogP contribution in [0.1, 0.15) is 32.4 Å². The molecule has 2 aromatic heterocycles. The topological polar surface area (TPSA) is 84.2 Å². The van der Waals surface area contributed by atoms with Crippen molar-refractivity contribution in [3.63, 3.8) is 0 Å². The number of halogens is 2. The molecule has 6 nitrogen and oxygen atoms in total. The summed E-state index contributed by atoms with van der Waals surface area (Å²) in [5.41, 5.74) is 2.29. The van der Waals surface area contributed by atoms with Gasteiger partial charge >= 0.3 is 11.9 Å². The fourth-order valence-electron chi connectivity index (χ4n) is 1.82. The number of hydrogen-bond donors (Lipinski definition) is 2. The van der Waals surface area contributed by atoms with Gasteiger partial charge in [0.25, 0.3) is 0 Å². The summed E-state index contributed by atoms with van der Waals surface area (Å²) in [7, 11) is 2.64. The summed E-state index contributed by atoms with van der Waals surface area (Å²) in [6.07, 6.45) is 0.467. The lowest BCUT2D eigenvalue weighted by molar-refractivity contribution is 0.0586. The number of esters is 2. The van der Waals surface area contributed by atoms with Crippen LogP contribution < -0.4 is 0 Å². The smallest absolute Gasteiger partial charge is 0.354 e. The molecule has 0 aliphatic rings. The van der Waals surface area contributed by atoms with Crippen LogP contribution in [-0.2, 0) is 15.9 Å². The molecular weight excluding hydrogens is 408 g/mol. The summed E-state index contributed by atoms with van der Waals surface area (Å²) in [6, 6.07) is 3.30. The van der Waals surface area contributed by atoms with E-state index in [-0.39, 0.29) is 0 Å². The van der Waals surface area contributed by atoms with Crippen molar-refractivity contribution in [3.05, 3.63) is 43.9 Å². The summed E-state index contributed by atoms with van der Waals surface area (Å²) in [5, 5.41) is 0. The first-order valence-electron chi connectivity index (χ1n) is 5.87. The van der Waals surface area contributed by atoms with Gasteiger partial charge in [-0.3, -0.25) is 0 Å². The lowest BCUT2D eigenvalue weighted by Gasteiger charge is -2.00. The number of methoxy groups -OCH3 is 2. The molecule has 0 aliphatic heterocycles. The number of ether oxygens (including phenoxy) is 2. The van der Waals surface area contributed by atoms with Gasteiger partial charge in [0.2, 0.25) is 0 Å². The second kappa shape index (κ2) is 6.48. The summed E-state index contributed by atoms with van der Waals surface area (Å²) in [5.74, 6) is -0.884. The zero-order valence-electron chi connectivity index (χ0n) is 11.3. The average Bonchev–Trinajstić information content (AvgIpc) is 3.02. The number of nitrogens with one attached hydrogen (secondary N) is 2. The van der Waals surface area contributed by atoms with Gasteiger partial charge < -0.3 is 19.4 Å². The maximum Gasteiger partial charge on any atom is 0.354 e. The molecule has 21 heavy (non-hydrogen) atoms. The van der Waals surface area contributed by atoms with Crippen LogP contribution in [-0.4, -0.2) is 36.1 Å². The summed E-state index contributed by atoms with van der Waals surface area (Å²) in [4.78, 5) is 28.9. The Kier molecular flexibility index (Phi) is 4.89. The van der Waals surface area contributed by atoms with Gasteiger partial charge in [0, 0.05) is 26.8 Å². The quantitative estimate of drug-likeness (QED) is 0.746.